The molecule has 0 saturated heterocycles. The number of nitrogens with zero attached hydrogens (tertiary/aromatic N) is 1. The van der Waals surface area contributed by atoms with Crippen molar-refractivity contribution >= 4 is 5.82 Å². The largest absolute Gasteiger partial charge is 0.367 e. The van der Waals surface area contributed by atoms with Crippen molar-refractivity contribution in [1.82, 2.24) is 4.98 Å². The molecule has 1 saturated carbocycles. The van der Waals surface area contributed by atoms with E-state index in [0.29, 0.717) is 6.04 Å². The summed E-state index contributed by atoms with van der Waals surface area (Å²) < 4.78 is 0. The number of nitrogens with one attached hydrogen (secondary N) is 1. The minimum atomic E-state index is 0.652. The summed E-state index contributed by atoms with van der Waals surface area (Å²) in [5.41, 5.74) is 1.22. The van der Waals surface area contributed by atoms with Crippen molar-refractivity contribution < 1.29 is 0 Å². The molecule has 0 amide bonds. The third-order valence-corrected chi connectivity index (χ3v) is 2.87. The van der Waals surface area contributed by atoms with Crippen molar-refractivity contribution in [1.29, 1.82) is 0 Å². The van der Waals surface area contributed by atoms with Gasteiger partial charge in [-0.3, -0.25) is 0 Å². The summed E-state index contributed by atoms with van der Waals surface area (Å²) >= 11 is 0. The maximum atomic E-state index is 4.36. The van der Waals surface area contributed by atoms with E-state index in [0.717, 1.165) is 5.82 Å². The lowest BCUT2D eigenvalue weighted by Gasteiger charge is -2.23. The molecule has 1 aliphatic rings. The molecule has 0 bridgehead atoms. The van der Waals surface area contributed by atoms with E-state index in [1.165, 1.54) is 37.7 Å². The monoisotopic (exact) mass is 190 g/mol. The van der Waals surface area contributed by atoms with Crippen molar-refractivity contribution in [2.45, 2.75) is 45.1 Å². The van der Waals surface area contributed by atoms with Crippen LogP contribution < -0.4 is 5.32 Å². The Morgan fingerprint density at radius 2 is 2.00 bits per heavy atom. The summed E-state index contributed by atoms with van der Waals surface area (Å²) in [4.78, 5) is 4.36. The van der Waals surface area contributed by atoms with Gasteiger partial charge >= 0.3 is 0 Å². The molecule has 1 fully saturated rings. The predicted octanol–water partition coefficient (Wildman–Crippen LogP) is 3.13. The second-order valence-corrected chi connectivity index (χ2v) is 4.20. The van der Waals surface area contributed by atoms with Crippen molar-refractivity contribution in [3.8, 4) is 0 Å². The topological polar surface area (TPSA) is 24.9 Å². The van der Waals surface area contributed by atoms with Crippen LogP contribution in [-0.4, -0.2) is 11.0 Å². The Labute approximate surface area is 85.7 Å². The predicted molar refractivity (Wildman–Crippen MR) is 59.5 cm³/mol. The van der Waals surface area contributed by atoms with Crippen LogP contribution in [0.4, 0.5) is 5.82 Å². The molecule has 2 nitrogen and oxygen atoms in total. The van der Waals surface area contributed by atoms with E-state index in [2.05, 4.69) is 29.4 Å². The summed E-state index contributed by atoms with van der Waals surface area (Å²) in [6, 6.07) is 4.83. The van der Waals surface area contributed by atoms with Gasteiger partial charge in [0.05, 0.1) is 0 Å². The van der Waals surface area contributed by atoms with Crippen LogP contribution in [0, 0.1) is 6.92 Å². The van der Waals surface area contributed by atoms with E-state index in [4.69, 9.17) is 0 Å². The lowest BCUT2D eigenvalue weighted by atomic mass is 9.95. The van der Waals surface area contributed by atoms with Gasteiger partial charge in [0.1, 0.15) is 5.82 Å². The Kier molecular flexibility index (Phi) is 3.02. The first-order valence-electron chi connectivity index (χ1n) is 5.54. The second kappa shape index (κ2) is 4.45. The molecule has 0 atom stereocenters. The highest BCUT2D eigenvalue weighted by atomic mass is 15.0. The number of aromatic nitrogens is 1. The number of rotatable bonds is 2. The highest BCUT2D eigenvalue weighted by molar-refractivity contribution is 5.36. The first-order chi connectivity index (χ1) is 6.84. The van der Waals surface area contributed by atoms with E-state index in [-0.39, 0.29) is 0 Å². The van der Waals surface area contributed by atoms with Crippen LogP contribution >= 0.6 is 0 Å². The number of aryl methyl sites for hydroxylation is 1. The summed E-state index contributed by atoms with van der Waals surface area (Å²) in [6.07, 6.45) is 8.66. The molecule has 14 heavy (non-hydrogen) atoms. The molecule has 2 rings (SSSR count). The van der Waals surface area contributed by atoms with Crippen LogP contribution in [0.3, 0.4) is 0 Å². The summed E-state index contributed by atoms with van der Waals surface area (Å²) in [5, 5.41) is 3.50. The zero-order valence-electron chi connectivity index (χ0n) is 8.79. The Hall–Kier alpha value is -1.05. The molecule has 1 heterocycles. The third kappa shape index (κ3) is 2.47. The Morgan fingerprint density at radius 1 is 1.21 bits per heavy atom. The van der Waals surface area contributed by atoms with Crippen LogP contribution in [0.1, 0.15) is 37.7 Å². The van der Waals surface area contributed by atoms with Gasteiger partial charge in [-0.1, -0.05) is 25.3 Å². The molecule has 1 N–H and O–H groups in total. The molecular weight excluding hydrogens is 172 g/mol. The second-order valence-electron chi connectivity index (χ2n) is 4.20. The van der Waals surface area contributed by atoms with Gasteiger partial charge in [-0.05, 0) is 31.4 Å². The molecule has 0 aliphatic heterocycles. The highest BCUT2D eigenvalue weighted by Gasteiger charge is 2.12. The molecule has 0 unspecified atom stereocenters. The number of hydrogen-bond donors (Lipinski definition) is 1. The van der Waals surface area contributed by atoms with Crippen molar-refractivity contribution in [3.05, 3.63) is 23.9 Å². The normalized spacial score (nSPS) is 18.1. The van der Waals surface area contributed by atoms with Gasteiger partial charge in [-0.25, -0.2) is 4.98 Å². The average molecular weight is 190 g/mol. The molecule has 0 aromatic carbocycles. The standard InChI is InChI=1S/C12H18N2/c1-10-7-8-12(13-9-10)14-11-5-3-2-4-6-11/h7-9,11H,2-6H2,1H3,(H,13,14). The molecular formula is C12H18N2. The van der Waals surface area contributed by atoms with Crippen LogP contribution in [0.25, 0.3) is 0 Å². The van der Waals surface area contributed by atoms with Gasteiger partial charge < -0.3 is 5.32 Å². The Morgan fingerprint density at radius 3 is 2.64 bits per heavy atom. The van der Waals surface area contributed by atoms with E-state index in [9.17, 15) is 0 Å². The number of pyridine rings is 1. The van der Waals surface area contributed by atoms with E-state index >= 15 is 0 Å². The lowest BCUT2D eigenvalue weighted by molar-refractivity contribution is 0.462. The fraction of sp³-hybridized carbons (Fsp3) is 0.583. The van der Waals surface area contributed by atoms with Gasteiger partial charge in [-0.2, -0.15) is 0 Å². The summed E-state index contributed by atoms with van der Waals surface area (Å²) in [6.45, 7) is 2.07. The summed E-state index contributed by atoms with van der Waals surface area (Å²) in [7, 11) is 0. The van der Waals surface area contributed by atoms with E-state index in [1.54, 1.807) is 0 Å². The van der Waals surface area contributed by atoms with E-state index in [1.807, 2.05) is 6.20 Å². The van der Waals surface area contributed by atoms with Crippen molar-refractivity contribution in [3.63, 3.8) is 0 Å². The molecule has 0 spiro atoms. The molecule has 0 radical (unpaired) electrons. The van der Waals surface area contributed by atoms with Crippen LogP contribution in [-0.2, 0) is 0 Å². The zero-order valence-corrected chi connectivity index (χ0v) is 8.79. The molecule has 2 heteroatoms. The molecule has 76 valence electrons. The quantitative estimate of drug-likeness (QED) is 0.775. The summed E-state index contributed by atoms with van der Waals surface area (Å²) in [5.74, 6) is 1.03. The van der Waals surface area contributed by atoms with Gasteiger partial charge in [0.15, 0.2) is 0 Å². The van der Waals surface area contributed by atoms with Crippen molar-refractivity contribution in [2.24, 2.45) is 0 Å². The maximum Gasteiger partial charge on any atom is 0.126 e. The van der Waals surface area contributed by atoms with Crippen molar-refractivity contribution in [2.75, 3.05) is 5.32 Å². The molecule has 1 aliphatic carbocycles. The minimum Gasteiger partial charge on any atom is -0.367 e. The first-order valence-corrected chi connectivity index (χ1v) is 5.54. The van der Waals surface area contributed by atoms with Gasteiger partial charge in [0.2, 0.25) is 0 Å². The lowest BCUT2D eigenvalue weighted by Crippen LogP contribution is -2.22. The number of hydrogen-bond acceptors (Lipinski definition) is 2. The van der Waals surface area contributed by atoms with Crippen LogP contribution in [0.15, 0.2) is 18.3 Å². The minimum absolute atomic E-state index is 0.652. The molecule has 1 aromatic heterocycles. The number of anilines is 1. The maximum absolute atomic E-state index is 4.36. The fourth-order valence-corrected chi connectivity index (χ4v) is 2.01. The average Bonchev–Trinajstić information content (AvgIpc) is 2.23. The van der Waals surface area contributed by atoms with Gasteiger partial charge in [0.25, 0.3) is 0 Å². The fourth-order valence-electron chi connectivity index (χ4n) is 2.01. The van der Waals surface area contributed by atoms with Gasteiger partial charge in [-0.15, -0.1) is 0 Å². The SMILES string of the molecule is Cc1ccc(NC2CCCCC2)nc1. The Balaban J connectivity index is 1.92. The van der Waals surface area contributed by atoms with Gasteiger partial charge in [0, 0.05) is 12.2 Å². The molecule has 1 aromatic rings. The Bertz CT molecular complexity index is 273. The smallest absolute Gasteiger partial charge is 0.126 e. The van der Waals surface area contributed by atoms with Crippen LogP contribution in [0.2, 0.25) is 0 Å². The zero-order chi connectivity index (χ0) is 9.80. The first kappa shape index (κ1) is 9.50. The highest BCUT2D eigenvalue weighted by Crippen LogP contribution is 2.20. The van der Waals surface area contributed by atoms with E-state index < -0.39 is 0 Å². The van der Waals surface area contributed by atoms with Crippen LogP contribution in [0.5, 0.6) is 0 Å². The third-order valence-electron chi connectivity index (χ3n) is 2.87.